The lowest BCUT2D eigenvalue weighted by Gasteiger charge is -2.48. The predicted molar refractivity (Wildman–Crippen MR) is 150 cm³/mol. The third-order valence-corrected chi connectivity index (χ3v) is 7.99. The summed E-state index contributed by atoms with van der Waals surface area (Å²) in [6, 6.07) is 7.76. The van der Waals surface area contributed by atoms with Crippen LogP contribution in [0.2, 0.25) is 5.15 Å². The van der Waals surface area contributed by atoms with E-state index in [1.54, 1.807) is 0 Å². The first-order chi connectivity index (χ1) is 18.7. The van der Waals surface area contributed by atoms with Gasteiger partial charge in [-0.05, 0) is 31.7 Å². The van der Waals surface area contributed by atoms with E-state index >= 15 is 0 Å². The highest BCUT2D eigenvalue weighted by molar-refractivity contribution is 6.32. The van der Waals surface area contributed by atoms with Gasteiger partial charge in [0.2, 0.25) is 0 Å². The summed E-state index contributed by atoms with van der Waals surface area (Å²) in [6.07, 6.45) is 2.73. The zero-order chi connectivity index (χ0) is 28.1. The molecule has 0 spiro atoms. The van der Waals surface area contributed by atoms with E-state index < -0.39 is 17.9 Å². The summed E-state index contributed by atoms with van der Waals surface area (Å²) < 4.78 is 0. The number of nitrogen functional groups attached to an aromatic ring is 1. The topological polar surface area (TPSA) is 148 Å². The third kappa shape index (κ3) is 6.60. The highest BCUT2D eigenvalue weighted by Crippen LogP contribution is 2.31. The SMILES string of the molecule is CC[C@H]1CN(c2nc(N)c(C(=O)NCCO)nc2Cl)CCN1C1CCN([C@@H](C(=O)O)c2ccc(C)cc2)CC1. The smallest absolute Gasteiger partial charge is 0.325 e. The van der Waals surface area contributed by atoms with Gasteiger partial charge in [-0.3, -0.25) is 19.4 Å². The first-order valence-corrected chi connectivity index (χ1v) is 13.9. The number of rotatable bonds is 9. The van der Waals surface area contributed by atoms with Gasteiger partial charge in [0.05, 0.1) is 6.61 Å². The Morgan fingerprint density at radius 1 is 1.15 bits per heavy atom. The number of likely N-dealkylation sites (tertiary alicyclic amines) is 1. The fourth-order valence-electron chi connectivity index (χ4n) is 5.68. The first-order valence-electron chi connectivity index (χ1n) is 13.5. The van der Waals surface area contributed by atoms with Crippen molar-refractivity contribution >= 4 is 35.1 Å². The third-order valence-electron chi connectivity index (χ3n) is 7.74. The van der Waals surface area contributed by atoms with Gasteiger partial charge < -0.3 is 26.2 Å². The number of aromatic nitrogens is 2. The minimum absolute atomic E-state index is 0.00532. The van der Waals surface area contributed by atoms with E-state index in [1.807, 2.05) is 31.2 Å². The molecule has 2 aromatic rings. The van der Waals surface area contributed by atoms with Crippen molar-refractivity contribution in [2.45, 2.75) is 51.2 Å². The number of carboxylic acids is 1. The number of aliphatic carboxylic acids is 1. The fraction of sp³-hybridized carbons (Fsp3) is 0.556. The van der Waals surface area contributed by atoms with Gasteiger partial charge in [0.15, 0.2) is 22.5 Å². The van der Waals surface area contributed by atoms with E-state index in [0.717, 1.165) is 50.0 Å². The van der Waals surface area contributed by atoms with Crippen LogP contribution in [0.3, 0.4) is 0 Å². The molecule has 1 amide bonds. The first kappa shape index (κ1) is 29.0. The molecular weight excluding hydrogens is 522 g/mol. The van der Waals surface area contributed by atoms with Crippen molar-refractivity contribution in [2.24, 2.45) is 0 Å². The lowest BCUT2D eigenvalue weighted by atomic mass is 9.95. The number of aliphatic hydroxyl groups is 1. The van der Waals surface area contributed by atoms with Crippen LogP contribution in [0.5, 0.6) is 0 Å². The zero-order valence-electron chi connectivity index (χ0n) is 22.5. The summed E-state index contributed by atoms with van der Waals surface area (Å²) in [5.74, 6) is -0.887. The maximum absolute atomic E-state index is 12.3. The molecule has 2 aliphatic heterocycles. The van der Waals surface area contributed by atoms with Crippen LogP contribution in [-0.4, -0.2) is 99.8 Å². The molecule has 0 saturated carbocycles. The van der Waals surface area contributed by atoms with Gasteiger partial charge >= 0.3 is 5.97 Å². The number of carbonyl (C=O) groups is 2. The molecule has 4 rings (SSSR count). The monoisotopic (exact) mass is 559 g/mol. The second-order valence-electron chi connectivity index (χ2n) is 10.2. The molecule has 0 radical (unpaired) electrons. The molecule has 2 atom stereocenters. The summed E-state index contributed by atoms with van der Waals surface area (Å²) in [5.41, 5.74) is 7.93. The van der Waals surface area contributed by atoms with Crippen LogP contribution in [-0.2, 0) is 4.79 Å². The number of carbonyl (C=O) groups excluding carboxylic acids is 1. The minimum atomic E-state index is -0.813. The Morgan fingerprint density at radius 3 is 2.46 bits per heavy atom. The van der Waals surface area contributed by atoms with Crippen LogP contribution < -0.4 is 16.0 Å². The Balaban J connectivity index is 1.40. The van der Waals surface area contributed by atoms with Crippen molar-refractivity contribution in [3.05, 3.63) is 46.2 Å². The molecule has 212 valence electrons. The van der Waals surface area contributed by atoms with E-state index in [1.165, 1.54) is 0 Å². The van der Waals surface area contributed by atoms with Crippen molar-refractivity contribution in [1.29, 1.82) is 0 Å². The van der Waals surface area contributed by atoms with Gasteiger partial charge in [-0.25, -0.2) is 9.97 Å². The molecule has 12 heteroatoms. The molecule has 3 heterocycles. The number of nitrogens with zero attached hydrogens (tertiary/aromatic N) is 5. The fourth-order valence-corrected chi connectivity index (χ4v) is 5.93. The maximum Gasteiger partial charge on any atom is 0.325 e. The molecule has 2 aliphatic rings. The number of anilines is 2. The molecule has 2 saturated heterocycles. The van der Waals surface area contributed by atoms with Crippen molar-refractivity contribution in [3.63, 3.8) is 0 Å². The molecule has 1 aromatic heterocycles. The normalized spacial score (nSPS) is 20.1. The maximum atomic E-state index is 12.3. The Bertz CT molecular complexity index is 1160. The molecule has 39 heavy (non-hydrogen) atoms. The van der Waals surface area contributed by atoms with Crippen LogP contribution in [0.4, 0.5) is 11.6 Å². The summed E-state index contributed by atoms with van der Waals surface area (Å²) in [6.45, 7) is 7.67. The van der Waals surface area contributed by atoms with Crippen LogP contribution in [0, 0.1) is 6.92 Å². The van der Waals surface area contributed by atoms with Crippen LogP contribution in [0.1, 0.15) is 53.8 Å². The van der Waals surface area contributed by atoms with E-state index in [4.69, 9.17) is 22.4 Å². The van der Waals surface area contributed by atoms with E-state index in [-0.39, 0.29) is 35.9 Å². The largest absolute Gasteiger partial charge is 0.480 e. The van der Waals surface area contributed by atoms with Gasteiger partial charge in [-0.2, -0.15) is 0 Å². The molecule has 2 fully saturated rings. The van der Waals surface area contributed by atoms with Crippen LogP contribution in [0.25, 0.3) is 0 Å². The Kier molecular flexibility index (Phi) is 9.60. The second-order valence-corrected chi connectivity index (χ2v) is 10.6. The average Bonchev–Trinajstić information content (AvgIpc) is 2.93. The highest BCUT2D eigenvalue weighted by atomic mass is 35.5. The quantitative estimate of drug-likeness (QED) is 0.359. The Hall–Kier alpha value is -2.99. The number of piperidine rings is 1. The number of aryl methyl sites for hydroxylation is 1. The molecular formula is C27H38ClN7O4. The van der Waals surface area contributed by atoms with Crippen LogP contribution >= 0.6 is 11.6 Å². The number of hydrogen-bond acceptors (Lipinski definition) is 9. The van der Waals surface area contributed by atoms with E-state index in [9.17, 15) is 14.7 Å². The number of nitrogens with one attached hydrogen (secondary N) is 1. The molecule has 0 unspecified atom stereocenters. The molecule has 5 N–H and O–H groups in total. The van der Waals surface area contributed by atoms with E-state index in [2.05, 4.69) is 36.9 Å². The number of halogens is 1. The van der Waals surface area contributed by atoms with Gasteiger partial charge in [0.1, 0.15) is 6.04 Å². The molecule has 11 nitrogen and oxygen atoms in total. The highest BCUT2D eigenvalue weighted by Gasteiger charge is 2.37. The Labute approximate surface area is 234 Å². The Morgan fingerprint density at radius 2 is 1.85 bits per heavy atom. The number of amides is 1. The van der Waals surface area contributed by atoms with Crippen molar-refractivity contribution < 1.29 is 19.8 Å². The number of benzene rings is 1. The molecule has 1 aromatic carbocycles. The number of piperazine rings is 1. The van der Waals surface area contributed by atoms with Crippen LogP contribution in [0.15, 0.2) is 24.3 Å². The van der Waals surface area contributed by atoms with Crippen molar-refractivity contribution in [3.8, 4) is 0 Å². The van der Waals surface area contributed by atoms with Gasteiger partial charge in [0, 0.05) is 51.4 Å². The van der Waals surface area contributed by atoms with E-state index in [0.29, 0.717) is 24.9 Å². The van der Waals surface area contributed by atoms with Crippen molar-refractivity contribution in [1.82, 2.24) is 25.1 Å². The standard InChI is InChI=1S/C27H38ClN7O4/c1-3-19-16-34(25-23(28)31-21(24(29)32-25)26(37)30-10-15-36)13-14-35(19)20-8-11-33(12-9-20)22(27(38)39)18-6-4-17(2)5-7-18/h4-7,19-20,22,36H,3,8-16H2,1-2H3,(H2,29,32)(H,30,37)(H,38,39)/t19-,22+/m0/s1. The second kappa shape index (κ2) is 12.9. The van der Waals surface area contributed by atoms with Gasteiger partial charge in [-0.1, -0.05) is 48.4 Å². The summed E-state index contributed by atoms with van der Waals surface area (Å²) in [7, 11) is 0. The molecule has 0 bridgehead atoms. The number of hydrogen-bond donors (Lipinski definition) is 4. The van der Waals surface area contributed by atoms with Crippen molar-refractivity contribution in [2.75, 3.05) is 56.5 Å². The number of carboxylic acid groups (broad SMARTS) is 1. The average molecular weight is 560 g/mol. The summed E-state index contributed by atoms with van der Waals surface area (Å²) in [5, 5.41) is 21.6. The zero-order valence-corrected chi connectivity index (χ0v) is 23.3. The lowest BCUT2D eigenvalue weighted by molar-refractivity contribution is -0.144. The number of aliphatic hydroxyl groups excluding tert-OH is 1. The number of nitrogens with two attached hydrogens (primary N) is 1. The minimum Gasteiger partial charge on any atom is -0.480 e. The van der Waals surface area contributed by atoms with Gasteiger partial charge in [-0.15, -0.1) is 0 Å². The molecule has 0 aliphatic carbocycles. The lowest BCUT2D eigenvalue weighted by Crippen LogP contribution is -2.58. The predicted octanol–water partition coefficient (Wildman–Crippen LogP) is 1.93. The summed E-state index contributed by atoms with van der Waals surface area (Å²) >= 11 is 6.45. The van der Waals surface area contributed by atoms with Gasteiger partial charge in [0.25, 0.3) is 5.91 Å². The summed E-state index contributed by atoms with van der Waals surface area (Å²) in [4.78, 5) is 39.7.